The Morgan fingerprint density at radius 3 is 2.29 bits per heavy atom. The van der Waals surface area contributed by atoms with Crippen LogP contribution in [0.1, 0.15) is 62.2 Å². The van der Waals surface area contributed by atoms with Crippen LogP contribution in [-0.2, 0) is 9.59 Å². The molecule has 2 unspecified atom stereocenters. The number of hydrogen-bond acceptors (Lipinski definition) is 3. The van der Waals surface area contributed by atoms with Gasteiger partial charge >= 0.3 is 6.03 Å². The lowest BCUT2D eigenvalue weighted by Gasteiger charge is -2.18. The fourth-order valence-corrected chi connectivity index (χ4v) is 2.75. The lowest BCUT2D eigenvalue weighted by Crippen LogP contribution is -2.40. The zero-order chi connectivity index (χ0) is 18.7. The summed E-state index contributed by atoms with van der Waals surface area (Å²) in [5, 5.41) is 2.85. The van der Waals surface area contributed by atoms with E-state index in [1.165, 1.54) is 4.90 Å². The van der Waals surface area contributed by atoms with E-state index in [2.05, 4.69) is 12.2 Å². The van der Waals surface area contributed by atoms with Crippen molar-refractivity contribution in [1.82, 2.24) is 15.1 Å². The fraction of sp³-hybridized carbons (Fsp3) is 0.833. The predicted molar refractivity (Wildman–Crippen MR) is 98.7 cm³/mol. The maximum absolute atomic E-state index is 11.8. The van der Waals surface area contributed by atoms with Crippen molar-refractivity contribution in [3.63, 3.8) is 0 Å². The van der Waals surface area contributed by atoms with Gasteiger partial charge in [0.1, 0.15) is 0 Å². The van der Waals surface area contributed by atoms with Gasteiger partial charge in [-0.05, 0) is 18.8 Å². The number of rotatable bonds is 4. The molecule has 0 aliphatic carbocycles. The normalized spacial score (nSPS) is 22.6. The Balaban J connectivity index is 0. The second-order valence-corrected chi connectivity index (χ2v) is 5.91. The fourth-order valence-electron chi connectivity index (χ4n) is 2.75. The summed E-state index contributed by atoms with van der Waals surface area (Å²) in [6.45, 7) is 14.4. The van der Waals surface area contributed by atoms with Gasteiger partial charge in [-0.3, -0.25) is 14.5 Å². The maximum atomic E-state index is 11.8. The molecule has 2 aliphatic heterocycles. The average molecular weight is 344 g/mol. The minimum atomic E-state index is -0.192. The lowest BCUT2D eigenvalue weighted by atomic mass is 10.1. The minimum absolute atomic E-state index is 0. The van der Waals surface area contributed by atoms with Crippen LogP contribution in [0.4, 0.5) is 4.79 Å². The van der Waals surface area contributed by atoms with Crippen molar-refractivity contribution in [2.45, 2.75) is 60.8 Å². The van der Waals surface area contributed by atoms with Crippen LogP contribution < -0.4 is 5.32 Å². The molecule has 2 aliphatic rings. The van der Waals surface area contributed by atoms with Crippen LogP contribution in [0.15, 0.2) is 0 Å². The van der Waals surface area contributed by atoms with Crippen molar-refractivity contribution in [3.05, 3.63) is 0 Å². The number of nitrogens with zero attached hydrogens (tertiary/aromatic N) is 2. The van der Waals surface area contributed by atoms with Crippen LogP contribution in [0.25, 0.3) is 0 Å². The average Bonchev–Trinajstić information content (AvgIpc) is 3.13. The Labute approximate surface area is 148 Å². The second kappa shape index (κ2) is 11.9. The first-order valence-electron chi connectivity index (χ1n) is 9.36. The molecule has 0 radical (unpaired) electrons. The smallest absolute Gasteiger partial charge is 0.317 e. The number of amides is 4. The van der Waals surface area contributed by atoms with E-state index in [9.17, 15) is 14.4 Å². The quantitative estimate of drug-likeness (QED) is 0.630. The van der Waals surface area contributed by atoms with Gasteiger partial charge in [0.15, 0.2) is 0 Å². The molecule has 6 nitrogen and oxygen atoms in total. The molecule has 2 saturated heterocycles. The summed E-state index contributed by atoms with van der Waals surface area (Å²) in [6.07, 6.45) is 1.98. The van der Waals surface area contributed by atoms with Crippen molar-refractivity contribution < 1.29 is 15.8 Å². The van der Waals surface area contributed by atoms with E-state index in [1.807, 2.05) is 32.6 Å². The van der Waals surface area contributed by atoms with E-state index in [0.717, 1.165) is 19.5 Å². The topological polar surface area (TPSA) is 69.7 Å². The highest BCUT2D eigenvalue weighted by molar-refractivity contribution is 6.03. The van der Waals surface area contributed by atoms with Crippen molar-refractivity contribution in [2.24, 2.45) is 11.8 Å². The van der Waals surface area contributed by atoms with E-state index in [4.69, 9.17) is 0 Å². The van der Waals surface area contributed by atoms with Crippen molar-refractivity contribution in [1.29, 1.82) is 0 Å². The third kappa shape index (κ3) is 6.49. The summed E-state index contributed by atoms with van der Waals surface area (Å²) >= 11 is 0. The van der Waals surface area contributed by atoms with Crippen LogP contribution in [0.3, 0.4) is 0 Å². The molecular weight excluding hydrogens is 306 g/mol. The highest BCUT2D eigenvalue weighted by atomic mass is 16.2. The Morgan fingerprint density at radius 2 is 1.83 bits per heavy atom. The molecule has 4 amide bonds. The summed E-state index contributed by atoms with van der Waals surface area (Å²) < 4.78 is 0. The maximum Gasteiger partial charge on any atom is 0.317 e. The molecule has 0 aromatic rings. The van der Waals surface area contributed by atoms with Crippen LogP contribution in [0.5, 0.6) is 0 Å². The van der Waals surface area contributed by atoms with E-state index in [-0.39, 0.29) is 25.2 Å². The first-order valence-corrected chi connectivity index (χ1v) is 9.36. The van der Waals surface area contributed by atoms with Crippen molar-refractivity contribution >= 4 is 17.8 Å². The largest absolute Gasteiger partial charge is 0.338 e. The van der Waals surface area contributed by atoms with Gasteiger partial charge in [-0.2, -0.15) is 0 Å². The van der Waals surface area contributed by atoms with Gasteiger partial charge in [-0.15, -0.1) is 0 Å². The molecule has 2 heterocycles. The summed E-state index contributed by atoms with van der Waals surface area (Å²) in [5.41, 5.74) is 0. The second-order valence-electron chi connectivity index (χ2n) is 5.91. The summed E-state index contributed by atoms with van der Waals surface area (Å²) in [6, 6.07) is -0.0400. The zero-order valence-corrected chi connectivity index (χ0v) is 16.2. The third-order valence-corrected chi connectivity index (χ3v) is 4.02. The summed E-state index contributed by atoms with van der Waals surface area (Å²) in [4.78, 5) is 38.2. The lowest BCUT2D eigenvalue weighted by molar-refractivity contribution is -0.139. The Hall–Kier alpha value is -1.59. The number of carbonyl (C=O) groups is 3. The number of hydrogen-bond donors (Lipinski definition) is 1. The summed E-state index contributed by atoms with van der Waals surface area (Å²) in [5.74, 6) is 0.196. The molecule has 0 aromatic heterocycles. The molecule has 2 fully saturated rings. The Morgan fingerprint density at radius 1 is 1.21 bits per heavy atom. The van der Waals surface area contributed by atoms with Crippen molar-refractivity contribution in [2.75, 3.05) is 26.2 Å². The molecule has 0 saturated carbocycles. The first kappa shape index (κ1) is 22.4. The van der Waals surface area contributed by atoms with Crippen LogP contribution >= 0.6 is 0 Å². The Kier molecular flexibility index (Phi) is 11.1. The molecule has 0 spiro atoms. The van der Waals surface area contributed by atoms with Gasteiger partial charge in [-0.25, -0.2) is 4.79 Å². The number of urea groups is 1. The van der Waals surface area contributed by atoms with Gasteiger partial charge in [0.2, 0.25) is 11.8 Å². The highest BCUT2D eigenvalue weighted by Gasteiger charge is 2.34. The summed E-state index contributed by atoms with van der Waals surface area (Å²) in [7, 11) is 0. The van der Waals surface area contributed by atoms with Gasteiger partial charge in [0.05, 0.1) is 0 Å². The number of likely N-dealkylation sites (tertiary alicyclic amines) is 2. The molecule has 1 N–H and O–H groups in total. The van der Waals surface area contributed by atoms with Crippen molar-refractivity contribution in [3.8, 4) is 0 Å². The molecule has 2 atom stereocenters. The molecule has 142 valence electrons. The van der Waals surface area contributed by atoms with E-state index < -0.39 is 0 Å². The Bertz CT molecular complexity index is 418. The van der Waals surface area contributed by atoms with Crippen LogP contribution in [0, 0.1) is 11.8 Å². The minimum Gasteiger partial charge on any atom is -0.338 e. The third-order valence-electron chi connectivity index (χ3n) is 4.02. The van der Waals surface area contributed by atoms with E-state index >= 15 is 0 Å². The standard InChI is InChI=1S/C14H23N3O3.2C2H6.H2/c1-10-4-7-16(9-10)14(20)15-5-3-6-17-12(18)8-11(2)13(17)19;2*1-2;/h10-11H,3-9H2,1-2H3,(H,15,20);2*1-2H3;1H. The zero-order valence-electron chi connectivity index (χ0n) is 16.2. The highest BCUT2D eigenvalue weighted by Crippen LogP contribution is 2.18. The van der Waals surface area contributed by atoms with E-state index in [1.54, 1.807) is 6.92 Å². The van der Waals surface area contributed by atoms with Gasteiger partial charge in [0, 0.05) is 39.9 Å². The molecule has 24 heavy (non-hydrogen) atoms. The molecule has 6 heteroatoms. The number of carbonyl (C=O) groups excluding carboxylic acids is 3. The number of imide groups is 1. The molecule has 2 rings (SSSR count). The molecule has 0 aromatic carbocycles. The predicted octanol–water partition coefficient (Wildman–Crippen LogP) is 3.12. The van der Waals surface area contributed by atoms with Crippen LogP contribution in [-0.4, -0.2) is 53.8 Å². The van der Waals surface area contributed by atoms with Gasteiger partial charge in [-0.1, -0.05) is 41.5 Å². The SMILES string of the molecule is CC.CC.CC1CCN(C(=O)NCCCN2C(=O)CC(C)C2=O)C1.[HH]. The number of nitrogens with one attached hydrogen (secondary N) is 1. The molecular formula is C18H37N3O3. The first-order chi connectivity index (χ1) is 11.5. The van der Waals surface area contributed by atoms with Crippen LogP contribution in [0.2, 0.25) is 0 Å². The van der Waals surface area contributed by atoms with E-state index in [0.29, 0.717) is 31.8 Å². The monoisotopic (exact) mass is 343 g/mol. The van der Waals surface area contributed by atoms with Gasteiger partial charge in [0.25, 0.3) is 0 Å². The molecule has 0 bridgehead atoms. The van der Waals surface area contributed by atoms with Gasteiger partial charge < -0.3 is 10.2 Å².